The molecule has 0 amide bonds. The van der Waals surface area contributed by atoms with E-state index >= 15 is 0 Å². The fourth-order valence-electron chi connectivity index (χ4n) is 16.2. The monoisotopic (exact) mass is 1260 g/mol. The molecular formula is C99H68. The average Bonchev–Trinajstić information content (AvgIpc) is 1.68. The van der Waals surface area contributed by atoms with E-state index < -0.39 is 0 Å². The second-order valence-electron chi connectivity index (χ2n) is 27.1. The molecule has 0 radical (unpaired) electrons. The smallest absolute Gasteiger partial charge is 0.0159 e. The Kier molecular flexibility index (Phi) is 14.3. The first-order valence-electron chi connectivity index (χ1n) is 34.4. The third-order valence-corrected chi connectivity index (χ3v) is 21.1. The van der Waals surface area contributed by atoms with Crippen molar-refractivity contribution in [2.45, 2.75) is 19.3 Å². The first-order chi connectivity index (χ1) is 48.7. The van der Waals surface area contributed by atoms with Crippen LogP contribution in [0, 0.1) is 0 Å². The third-order valence-electron chi connectivity index (χ3n) is 21.1. The van der Waals surface area contributed by atoms with Crippen LogP contribution in [0.2, 0.25) is 0 Å². The van der Waals surface area contributed by atoms with Crippen LogP contribution < -0.4 is 0 Å². The molecule has 0 heterocycles. The molecule has 0 fully saturated rings. The van der Waals surface area contributed by atoms with Crippen LogP contribution >= 0.6 is 0 Å². The molecule has 0 nitrogen and oxygen atoms in total. The molecule has 0 bridgehead atoms. The molecule has 1 aliphatic carbocycles. The molecule has 0 saturated carbocycles. The zero-order valence-corrected chi connectivity index (χ0v) is 55.4. The van der Waals surface area contributed by atoms with Crippen LogP contribution in [0.15, 0.2) is 365 Å². The number of rotatable bonds is 9. The van der Waals surface area contributed by atoms with Gasteiger partial charge in [-0.1, -0.05) is 336 Å². The summed E-state index contributed by atoms with van der Waals surface area (Å²) < 4.78 is 0. The van der Waals surface area contributed by atoms with Crippen LogP contribution in [-0.4, -0.2) is 0 Å². The van der Waals surface area contributed by atoms with E-state index in [4.69, 9.17) is 0 Å². The molecule has 0 aromatic heterocycles. The zero-order chi connectivity index (χ0) is 66.3. The highest BCUT2D eigenvalue weighted by molar-refractivity contribution is 6.23. The minimum absolute atomic E-state index is 0.0798. The predicted octanol–water partition coefficient (Wildman–Crippen LogP) is 27.8. The minimum Gasteiger partial charge on any atom is -0.0991 e. The molecule has 18 aromatic rings. The first-order valence-corrected chi connectivity index (χ1v) is 34.4. The Hall–Kier alpha value is -12.5. The van der Waals surface area contributed by atoms with Crippen molar-refractivity contribution in [1.82, 2.24) is 0 Å². The van der Waals surface area contributed by atoms with Crippen LogP contribution in [0.1, 0.15) is 30.5 Å². The van der Waals surface area contributed by atoms with Gasteiger partial charge in [-0.3, -0.25) is 0 Å². The fourth-order valence-corrected chi connectivity index (χ4v) is 16.2. The van der Waals surface area contributed by atoms with Gasteiger partial charge in [-0.25, -0.2) is 0 Å². The van der Waals surface area contributed by atoms with Gasteiger partial charge in [0.2, 0.25) is 0 Å². The van der Waals surface area contributed by atoms with Gasteiger partial charge in [0.05, 0.1) is 0 Å². The van der Waals surface area contributed by atoms with Crippen molar-refractivity contribution in [2.24, 2.45) is 0 Å². The average molecular weight is 1260 g/mol. The Labute approximate surface area is 577 Å². The van der Waals surface area contributed by atoms with E-state index in [1.54, 1.807) is 0 Å². The lowest BCUT2D eigenvalue weighted by Gasteiger charge is -2.23. The minimum atomic E-state index is -0.0798. The van der Waals surface area contributed by atoms with Crippen molar-refractivity contribution in [3.8, 4) is 77.9 Å². The van der Waals surface area contributed by atoms with E-state index in [1.165, 1.54) is 186 Å². The van der Waals surface area contributed by atoms with Gasteiger partial charge >= 0.3 is 0 Å². The summed E-state index contributed by atoms with van der Waals surface area (Å²) in [5, 5.41) is 22.5. The molecule has 0 N–H and O–H groups in total. The van der Waals surface area contributed by atoms with E-state index in [-0.39, 0.29) is 5.41 Å². The number of hydrogen-bond donors (Lipinski definition) is 0. The maximum Gasteiger partial charge on any atom is 0.0159 e. The van der Waals surface area contributed by atoms with Crippen molar-refractivity contribution >= 4 is 103 Å². The first kappa shape index (κ1) is 59.0. The molecule has 0 heteroatoms. The van der Waals surface area contributed by atoms with E-state index in [2.05, 4.69) is 367 Å². The molecule has 0 unspecified atom stereocenters. The van der Waals surface area contributed by atoms with Crippen molar-refractivity contribution in [1.29, 1.82) is 0 Å². The van der Waals surface area contributed by atoms with Gasteiger partial charge in [0.1, 0.15) is 0 Å². The molecule has 0 spiro atoms. The van der Waals surface area contributed by atoms with Gasteiger partial charge < -0.3 is 0 Å². The van der Waals surface area contributed by atoms with Crippen LogP contribution in [0.25, 0.3) is 180 Å². The SMILES string of the molecule is C=C/C=C\C(=C)c1c2ccccc2c(-c2ccc3c(ccc4ccccc43)c2)c2ccc(-c3ccc4ccccc4c3)cc12.CC1(C)c2ccccc2-c2ccc(-c3c4ccccc4c(-c4ccc(-c5ccc6ccccc6c5)cc4)c4cc(-c5ccc6ccccc6c5)ccc34)cc21. The summed E-state index contributed by atoms with van der Waals surface area (Å²) >= 11 is 0. The second-order valence-corrected chi connectivity index (χ2v) is 27.1. The lowest BCUT2D eigenvalue weighted by atomic mass is 9.80. The maximum atomic E-state index is 4.54. The lowest BCUT2D eigenvalue weighted by Crippen LogP contribution is -2.14. The Morgan fingerprint density at radius 3 is 1.21 bits per heavy atom. The zero-order valence-electron chi connectivity index (χ0n) is 55.4. The summed E-state index contributed by atoms with van der Waals surface area (Å²) in [4.78, 5) is 0. The van der Waals surface area contributed by atoms with Crippen molar-refractivity contribution < 1.29 is 0 Å². The molecule has 99 heavy (non-hydrogen) atoms. The number of benzene rings is 18. The third kappa shape index (κ3) is 10.1. The summed E-state index contributed by atoms with van der Waals surface area (Å²) in [5.74, 6) is 0. The Bertz CT molecular complexity index is 6410. The topological polar surface area (TPSA) is 0 Å². The molecule has 0 aliphatic heterocycles. The number of hydrogen-bond acceptors (Lipinski definition) is 0. The van der Waals surface area contributed by atoms with Crippen molar-refractivity contribution in [2.75, 3.05) is 0 Å². The summed E-state index contributed by atoms with van der Waals surface area (Å²) in [6.07, 6.45) is 5.85. The standard InChI is InChI=1S/C55H38.C44H30/c1-55(2)51-18-10-9-15-45(51)46-29-28-44(34-52(46)55)54-48-17-8-7-16-47(48)53(38-23-19-37(20-24-38)41-25-21-35-11-3-5-13-39(35)31-41)50-33-43(27-30-49(50)54)42-26-22-36-12-4-6-14-40(36)32-42;1-3-4-11-29(2)43-39-16-9-10-17-40(39)44(36-23-24-38-35(27-36)21-19-31-13-7-8-15-37(31)38)41-25-22-34(28-42(41)43)33-20-18-30-12-5-6-14-32(30)26-33/h3-34H,1-2H3;3-28H,1-2H2/b;11-4-. The van der Waals surface area contributed by atoms with E-state index in [0.29, 0.717) is 0 Å². The molecule has 0 atom stereocenters. The van der Waals surface area contributed by atoms with Crippen LogP contribution in [0.5, 0.6) is 0 Å². The molecule has 18 aromatic carbocycles. The highest BCUT2D eigenvalue weighted by Crippen LogP contribution is 2.52. The quantitative estimate of drug-likeness (QED) is 0.0768. The van der Waals surface area contributed by atoms with Gasteiger partial charge in [0, 0.05) is 5.41 Å². The normalized spacial score (nSPS) is 12.5. The van der Waals surface area contributed by atoms with Crippen molar-refractivity contribution in [3.63, 3.8) is 0 Å². The van der Waals surface area contributed by atoms with Crippen LogP contribution in [0.3, 0.4) is 0 Å². The number of allylic oxidation sites excluding steroid dienone is 4. The summed E-state index contributed by atoms with van der Waals surface area (Å²) in [7, 11) is 0. The van der Waals surface area contributed by atoms with Gasteiger partial charge in [-0.2, -0.15) is 0 Å². The highest BCUT2D eigenvalue weighted by atomic mass is 14.4. The molecule has 19 rings (SSSR count). The number of fused-ring (bicyclic) bond motifs is 13. The molecule has 0 saturated heterocycles. The van der Waals surface area contributed by atoms with Gasteiger partial charge in [0.15, 0.2) is 0 Å². The largest absolute Gasteiger partial charge is 0.0991 e. The summed E-state index contributed by atoms with van der Waals surface area (Å²) in [6.45, 7) is 13.2. The van der Waals surface area contributed by atoms with Crippen LogP contribution in [-0.2, 0) is 5.41 Å². The highest BCUT2D eigenvalue weighted by Gasteiger charge is 2.35. The Morgan fingerprint density at radius 1 is 0.253 bits per heavy atom. The molecule has 464 valence electrons. The van der Waals surface area contributed by atoms with Gasteiger partial charge in [0.25, 0.3) is 0 Å². The van der Waals surface area contributed by atoms with E-state index in [0.717, 1.165) is 11.1 Å². The Morgan fingerprint density at radius 2 is 0.606 bits per heavy atom. The van der Waals surface area contributed by atoms with Crippen molar-refractivity contribution in [3.05, 3.63) is 382 Å². The summed E-state index contributed by atoms with van der Waals surface area (Å²) in [5.41, 5.74) is 22.4. The van der Waals surface area contributed by atoms with Gasteiger partial charge in [-0.15, -0.1) is 0 Å². The Balaban J connectivity index is 0.000000147. The maximum absolute atomic E-state index is 4.54. The fraction of sp³-hybridized carbons (Fsp3) is 0.0303. The summed E-state index contributed by atoms with van der Waals surface area (Å²) in [6, 6.07) is 123. The molecular weight excluding hydrogens is 1190 g/mol. The van der Waals surface area contributed by atoms with E-state index in [1.807, 2.05) is 12.2 Å². The van der Waals surface area contributed by atoms with E-state index in [9.17, 15) is 0 Å². The van der Waals surface area contributed by atoms with Crippen LogP contribution in [0.4, 0.5) is 0 Å². The van der Waals surface area contributed by atoms with Gasteiger partial charge in [-0.05, 0) is 240 Å². The second kappa shape index (κ2) is 24.0. The molecule has 1 aliphatic rings. The predicted molar refractivity (Wildman–Crippen MR) is 429 cm³/mol. The lowest BCUT2D eigenvalue weighted by molar-refractivity contribution is 0.660.